The van der Waals surface area contributed by atoms with Crippen LogP contribution in [-0.2, 0) is 9.53 Å². The smallest absolute Gasteiger partial charge is 0.147 e. The Morgan fingerprint density at radius 1 is 1.38 bits per heavy atom. The second kappa shape index (κ2) is 5.35. The fourth-order valence-electron chi connectivity index (χ4n) is 1.69. The van der Waals surface area contributed by atoms with Crippen molar-refractivity contribution in [2.45, 2.75) is 19.3 Å². The van der Waals surface area contributed by atoms with Gasteiger partial charge in [-0.25, -0.2) is 0 Å². The van der Waals surface area contributed by atoms with Crippen molar-refractivity contribution in [1.29, 1.82) is 0 Å². The van der Waals surface area contributed by atoms with Crippen LogP contribution in [0.3, 0.4) is 0 Å². The summed E-state index contributed by atoms with van der Waals surface area (Å²) in [6, 6.07) is 0. The molecule has 0 atom stereocenters. The Hall–Kier alpha value is -0.410. The zero-order chi connectivity index (χ0) is 9.68. The molecule has 76 valence electrons. The van der Waals surface area contributed by atoms with Gasteiger partial charge in [-0.2, -0.15) is 0 Å². The molecule has 1 rings (SSSR count). The maximum absolute atomic E-state index is 11.4. The highest BCUT2D eigenvalue weighted by Gasteiger charge is 2.17. The van der Waals surface area contributed by atoms with Gasteiger partial charge in [-0.15, -0.1) is 0 Å². The molecule has 3 heteroatoms. The van der Waals surface area contributed by atoms with Crippen molar-refractivity contribution in [3.8, 4) is 0 Å². The highest BCUT2D eigenvalue weighted by molar-refractivity contribution is 5.80. The summed E-state index contributed by atoms with van der Waals surface area (Å²) >= 11 is 0. The molecule has 3 nitrogen and oxygen atoms in total. The molecule has 0 spiro atoms. The molecule has 1 aliphatic rings. The first-order valence-electron chi connectivity index (χ1n) is 4.92. The average molecular weight is 185 g/mol. The highest BCUT2D eigenvalue weighted by Crippen LogP contribution is 2.18. The molecule has 0 radical (unpaired) electrons. The lowest BCUT2D eigenvalue weighted by atomic mass is 9.94. The predicted octanol–water partition coefficient (Wildman–Crippen LogP) is 0.934. The number of likely N-dealkylation sites (N-methyl/N-ethyl adjacent to an activating group) is 1. The van der Waals surface area contributed by atoms with Crippen LogP contribution in [-0.4, -0.2) is 44.5 Å². The highest BCUT2D eigenvalue weighted by atomic mass is 16.5. The fourth-order valence-corrected chi connectivity index (χ4v) is 1.69. The SMILES string of the molecule is CN(C)CC(=O)CC1CCOCC1. The number of Topliss-reactive ketones (excluding diaryl/α,β-unsaturated/α-hetero) is 1. The number of carbonyl (C=O) groups is 1. The van der Waals surface area contributed by atoms with Gasteiger partial charge in [-0.1, -0.05) is 0 Å². The maximum atomic E-state index is 11.4. The first-order chi connectivity index (χ1) is 6.18. The van der Waals surface area contributed by atoms with Crippen molar-refractivity contribution in [2.75, 3.05) is 33.9 Å². The van der Waals surface area contributed by atoms with Crippen molar-refractivity contribution in [3.63, 3.8) is 0 Å². The Morgan fingerprint density at radius 2 is 2.00 bits per heavy atom. The lowest BCUT2D eigenvalue weighted by molar-refractivity contribution is -0.121. The number of ketones is 1. The number of nitrogens with zero attached hydrogens (tertiary/aromatic N) is 1. The van der Waals surface area contributed by atoms with E-state index in [1.165, 1.54) is 0 Å². The molecular formula is C10H19NO2. The summed E-state index contributed by atoms with van der Waals surface area (Å²) in [5, 5.41) is 0. The molecule has 0 aromatic rings. The lowest BCUT2D eigenvalue weighted by Crippen LogP contribution is -2.25. The van der Waals surface area contributed by atoms with Crippen LogP contribution in [0, 0.1) is 5.92 Å². The fraction of sp³-hybridized carbons (Fsp3) is 0.900. The topological polar surface area (TPSA) is 29.5 Å². The minimum atomic E-state index is 0.358. The standard InChI is InChI=1S/C10H19NO2/c1-11(2)8-10(12)7-9-3-5-13-6-4-9/h9H,3-8H2,1-2H3. The third-order valence-corrected chi connectivity index (χ3v) is 2.35. The van der Waals surface area contributed by atoms with Crippen molar-refractivity contribution in [2.24, 2.45) is 5.92 Å². The number of rotatable bonds is 4. The van der Waals surface area contributed by atoms with Gasteiger partial charge in [-0.05, 0) is 32.9 Å². The van der Waals surface area contributed by atoms with Gasteiger partial charge < -0.3 is 9.64 Å². The monoisotopic (exact) mass is 185 g/mol. The minimum Gasteiger partial charge on any atom is -0.381 e. The van der Waals surface area contributed by atoms with Crippen molar-refractivity contribution in [3.05, 3.63) is 0 Å². The normalized spacial score (nSPS) is 19.3. The Kier molecular flexibility index (Phi) is 4.39. The zero-order valence-electron chi connectivity index (χ0n) is 8.58. The number of ether oxygens (including phenoxy) is 1. The summed E-state index contributed by atoms with van der Waals surface area (Å²) in [5.74, 6) is 0.929. The summed E-state index contributed by atoms with van der Waals surface area (Å²) in [7, 11) is 3.86. The molecule has 1 aliphatic heterocycles. The zero-order valence-corrected chi connectivity index (χ0v) is 8.58. The van der Waals surface area contributed by atoms with Crippen LogP contribution in [0.25, 0.3) is 0 Å². The molecular weight excluding hydrogens is 166 g/mol. The van der Waals surface area contributed by atoms with E-state index in [2.05, 4.69) is 0 Å². The van der Waals surface area contributed by atoms with Gasteiger partial charge in [0.1, 0.15) is 5.78 Å². The van der Waals surface area contributed by atoms with E-state index in [-0.39, 0.29) is 0 Å². The van der Waals surface area contributed by atoms with Gasteiger partial charge in [0.25, 0.3) is 0 Å². The first kappa shape index (κ1) is 10.7. The number of hydrogen-bond donors (Lipinski definition) is 0. The molecule has 0 aliphatic carbocycles. The summed E-state index contributed by atoms with van der Waals surface area (Å²) in [5.41, 5.74) is 0. The number of carbonyl (C=O) groups excluding carboxylic acids is 1. The molecule has 0 amide bonds. The second-order valence-electron chi connectivity index (χ2n) is 4.04. The van der Waals surface area contributed by atoms with Crippen LogP contribution < -0.4 is 0 Å². The molecule has 0 saturated carbocycles. The summed E-state index contributed by atoms with van der Waals surface area (Å²) in [4.78, 5) is 13.4. The van der Waals surface area contributed by atoms with Gasteiger partial charge >= 0.3 is 0 Å². The minimum absolute atomic E-state index is 0.358. The van der Waals surface area contributed by atoms with Crippen molar-refractivity contribution in [1.82, 2.24) is 4.90 Å². The molecule has 0 aromatic carbocycles. The molecule has 0 bridgehead atoms. The van der Waals surface area contributed by atoms with E-state index < -0.39 is 0 Å². The van der Waals surface area contributed by atoms with Gasteiger partial charge in [0.15, 0.2) is 0 Å². The van der Waals surface area contributed by atoms with Crippen molar-refractivity contribution < 1.29 is 9.53 Å². The predicted molar refractivity (Wildman–Crippen MR) is 51.7 cm³/mol. The molecule has 13 heavy (non-hydrogen) atoms. The van der Waals surface area contributed by atoms with E-state index in [0.29, 0.717) is 18.2 Å². The number of hydrogen-bond acceptors (Lipinski definition) is 3. The van der Waals surface area contributed by atoms with E-state index in [1.54, 1.807) is 0 Å². The summed E-state index contributed by atoms with van der Waals surface area (Å²) in [6.45, 7) is 2.25. The molecule has 1 fully saturated rings. The van der Waals surface area contributed by atoms with E-state index in [4.69, 9.17) is 4.74 Å². The third-order valence-electron chi connectivity index (χ3n) is 2.35. The Balaban J connectivity index is 2.18. The third kappa shape index (κ3) is 4.39. The first-order valence-corrected chi connectivity index (χ1v) is 4.92. The van der Waals surface area contributed by atoms with Crippen LogP contribution in [0.15, 0.2) is 0 Å². The quantitative estimate of drug-likeness (QED) is 0.652. The maximum Gasteiger partial charge on any atom is 0.147 e. The summed E-state index contributed by atoms with van der Waals surface area (Å²) in [6.07, 6.45) is 2.85. The van der Waals surface area contributed by atoms with E-state index in [1.807, 2.05) is 19.0 Å². The van der Waals surface area contributed by atoms with E-state index in [9.17, 15) is 4.79 Å². The second-order valence-corrected chi connectivity index (χ2v) is 4.04. The van der Waals surface area contributed by atoms with Crippen LogP contribution in [0.2, 0.25) is 0 Å². The van der Waals surface area contributed by atoms with Gasteiger partial charge in [0, 0.05) is 19.6 Å². The van der Waals surface area contributed by atoms with E-state index in [0.717, 1.165) is 32.5 Å². The molecule has 0 unspecified atom stereocenters. The van der Waals surface area contributed by atoms with E-state index >= 15 is 0 Å². The van der Waals surface area contributed by atoms with Crippen LogP contribution in [0.1, 0.15) is 19.3 Å². The van der Waals surface area contributed by atoms with Crippen LogP contribution in [0.5, 0.6) is 0 Å². The van der Waals surface area contributed by atoms with Gasteiger partial charge in [-0.3, -0.25) is 4.79 Å². The lowest BCUT2D eigenvalue weighted by Gasteiger charge is -2.21. The van der Waals surface area contributed by atoms with Gasteiger partial charge in [0.2, 0.25) is 0 Å². The van der Waals surface area contributed by atoms with Crippen molar-refractivity contribution >= 4 is 5.78 Å². The Labute approximate surface area is 80.1 Å². The molecule has 1 saturated heterocycles. The Bertz CT molecular complexity index is 162. The largest absolute Gasteiger partial charge is 0.381 e. The van der Waals surface area contributed by atoms with Gasteiger partial charge in [0.05, 0.1) is 6.54 Å². The summed E-state index contributed by atoms with van der Waals surface area (Å²) < 4.78 is 5.24. The van der Waals surface area contributed by atoms with Crippen LogP contribution in [0.4, 0.5) is 0 Å². The average Bonchev–Trinajstić information content (AvgIpc) is 2.04. The Morgan fingerprint density at radius 3 is 2.54 bits per heavy atom. The van der Waals surface area contributed by atoms with Crippen LogP contribution >= 0.6 is 0 Å². The molecule has 1 heterocycles. The molecule has 0 aromatic heterocycles. The molecule has 0 N–H and O–H groups in total.